The number of terminal acetylenes is 1. The molecule has 0 bridgehead atoms. The molecule has 9 heteroatoms. The lowest BCUT2D eigenvalue weighted by molar-refractivity contribution is -0.121. The maximum atomic E-state index is 10.9. The number of nitrogens with one attached hydrogen (secondary N) is 4. The van der Waals surface area contributed by atoms with Crippen LogP contribution in [0.5, 0.6) is 0 Å². The fourth-order valence-corrected chi connectivity index (χ4v) is 3.93. The number of carbonyl (C=O) groups excluding carboxylic acids is 3. The van der Waals surface area contributed by atoms with Crippen molar-refractivity contribution in [3.8, 4) is 12.3 Å². The van der Waals surface area contributed by atoms with Crippen molar-refractivity contribution in [2.75, 3.05) is 33.2 Å². The van der Waals surface area contributed by atoms with Crippen molar-refractivity contribution in [3.63, 3.8) is 0 Å². The quantitative estimate of drug-likeness (QED) is 0.0807. The van der Waals surface area contributed by atoms with Gasteiger partial charge in [0.25, 0.3) is 0 Å². The van der Waals surface area contributed by atoms with E-state index in [0.29, 0.717) is 30.3 Å². The van der Waals surface area contributed by atoms with Crippen LogP contribution in [0.25, 0.3) is 0 Å². The lowest BCUT2D eigenvalue weighted by Gasteiger charge is -2.25. The highest BCUT2D eigenvalue weighted by molar-refractivity contribution is 5.86. The first kappa shape index (κ1) is 67.4. The molecule has 0 fully saturated rings. The third-order valence-electron chi connectivity index (χ3n) is 8.12. The van der Waals surface area contributed by atoms with Crippen LogP contribution in [-0.2, 0) is 14.4 Å². The minimum Gasteiger partial charge on any atom is -0.393 e. The average Bonchev–Trinajstić information content (AvgIpc) is 3.02. The van der Waals surface area contributed by atoms with E-state index in [1.807, 2.05) is 62.4 Å². The molecule has 9 nitrogen and oxygen atoms in total. The minimum atomic E-state index is -0.248. The summed E-state index contributed by atoms with van der Waals surface area (Å²) in [6.45, 7) is 50.8. The monoisotopic (exact) mass is 827 g/mol. The largest absolute Gasteiger partial charge is 0.393 e. The number of hydrogen-bond donors (Lipinski definition) is 6. The van der Waals surface area contributed by atoms with Crippen LogP contribution in [0.3, 0.4) is 0 Å². The standard InChI is InChI=1S/C10H17NO.C9H19NO.C9H17NO.C7H17NO.C7H16O.C7H16/c1-5-6-9(12)11-8-7-10(2,3)4;2*1-5-8(11)10-7-6-9(2,3)4;1-7(2,3)6(9)5-8-4;1-5-6(8)7(2,3)4;1-5-6-7(2,3)4/h1H,6-8H2,2-4H3,(H,11,12);5-7H2,1-4H3,(H,10,11);5H,1,6-7H2,2-4H3,(H,10,11);6,8-9H,5H2,1-4H3;6,8H,5H2,1-4H3;5-6H2,1-4H3. The van der Waals surface area contributed by atoms with Gasteiger partial charge in [-0.15, -0.1) is 6.42 Å². The summed E-state index contributed by atoms with van der Waals surface area (Å²) in [5.41, 5.74) is 1.49. The van der Waals surface area contributed by atoms with E-state index in [-0.39, 0.29) is 58.0 Å². The topological polar surface area (TPSA) is 140 Å². The van der Waals surface area contributed by atoms with Gasteiger partial charge in [0.1, 0.15) is 0 Å². The normalized spacial score (nSPS) is 12.5. The van der Waals surface area contributed by atoms with Crippen LogP contribution < -0.4 is 21.3 Å². The molecular weight excluding hydrogens is 725 g/mol. The molecule has 0 aromatic heterocycles. The fraction of sp³-hybridized carbons (Fsp3) is 0.857. The van der Waals surface area contributed by atoms with Crippen LogP contribution in [0.4, 0.5) is 0 Å². The van der Waals surface area contributed by atoms with Gasteiger partial charge in [0, 0.05) is 32.6 Å². The van der Waals surface area contributed by atoms with Crippen molar-refractivity contribution in [2.24, 2.45) is 32.5 Å². The van der Waals surface area contributed by atoms with E-state index >= 15 is 0 Å². The minimum absolute atomic E-state index is 0.00299. The lowest BCUT2D eigenvalue weighted by Crippen LogP contribution is -2.34. The van der Waals surface area contributed by atoms with Crippen LogP contribution in [0.2, 0.25) is 0 Å². The molecule has 0 aromatic rings. The number of rotatable bonds is 13. The van der Waals surface area contributed by atoms with Gasteiger partial charge in [-0.1, -0.05) is 164 Å². The molecule has 0 aliphatic carbocycles. The first-order chi connectivity index (χ1) is 25.9. The van der Waals surface area contributed by atoms with Gasteiger partial charge < -0.3 is 31.5 Å². The molecule has 3 amide bonds. The summed E-state index contributed by atoms with van der Waals surface area (Å²) < 4.78 is 0. The Morgan fingerprint density at radius 2 is 0.948 bits per heavy atom. The van der Waals surface area contributed by atoms with Gasteiger partial charge in [0.2, 0.25) is 17.7 Å². The molecule has 0 saturated carbocycles. The summed E-state index contributed by atoms with van der Waals surface area (Å²) >= 11 is 0. The van der Waals surface area contributed by atoms with Gasteiger partial charge in [0.05, 0.1) is 18.6 Å². The maximum Gasteiger partial charge on any atom is 0.243 e. The highest BCUT2D eigenvalue weighted by Gasteiger charge is 2.21. The Labute approximate surface area is 362 Å². The molecule has 0 aliphatic heterocycles. The Morgan fingerprint density at radius 1 is 0.603 bits per heavy atom. The Balaban J connectivity index is -0.000000141. The van der Waals surface area contributed by atoms with Gasteiger partial charge in [0.15, 0.2) is 0 Å². The molecular formula is C49H102N4O5. The molecule has 0 radical (unpaired) electrons. The van der Waals surface area contributed by atoms with E-state index in [9.17, 15) is 24.6 Å². The van der Waals surface area contributed by atoms with Crippen molar-refractivity contribution < 1.29 is 24.6 Å². The molecule has 58 heavy (non-hydrogen) atoms. The predicted molar refractivity (Wildman–Crippen MR) is 255 cm³/mol. The predicted octanol–water partition coefficient (Wildman–Crippen LogP) is 10.5. The molecule has 0 aromatic carbocycles. The van der Waals surface area contributed by atoms with Crippen molar-refractivity contribution in [1.82, 2.24) is 21.3 Å². The summed E-state index contributed by atoms with van der Waals surface area (Å²) in [6.07, 6.45) is 13.2. The Bertz CT molecular complexity index is 1050. The fourth-order valence-electron chi connectivity index (χ4n) is 3.93. The molecule has 2 unspecified atom stereocenters. The van der Waals surface area contributed by atoms with Gasteiger partial charge in [-0.3, -0.25) is 14.4 Å². The van der Waals surface area contributed by atoms with Crippen molar-refractivity contribution in [2.45, 2.75) is 209 Å². The van der Waals surface area contributed by atoms with Crippen molar-refractivity contribution in [1.29, 1.82) is 0 Å². The second-order valence-electron chi connectivity index (χ2n) is 21.9. The zero-order valence-corrected chi connectivity index (χ0v) is 42.6. The third-order valence-corrected chi connectivity index (χ3v) is 8.12. The van der Waals surface area contributed by atoms with E-state index in [1.54, 1.807) is 0 Å². The highest BCUT2D eigenvalue weighted by atomic mass is 16.3. The van der Waals surface area contributed by atoms with Crippen molar-refractivity contribution >= 4 is 17.7 Å². The second-order valence-corrected chi connectivity index (χ2v) is 21.9. The SMILES string of the molecule is C#CCC(=O)NCCC(C)(C)C.C=CC(=O)NCCC(C)(C)C.CCC(=O)NCCC(C)(C)C.CCC(O)C(C)(C)C.CCCC(C)(C)C.CNCC(O)C(C)(C)C. The summed E-state index contributed by atoms with van der Waals surface area (Å²) in [7, 11) is 1.84. The van der Waals surface area contributed by atoms with Gasteiger partial charge >= 0.3 is 0 Å². The summed E-state index contributed by atoms with van der Waals surface area (Å²) in [4.78, 5) is 32.3. The molecule has 0 aliphatic rings. The molecule has 2 atom stereocenters. The van der Waals surface area contributed by atoms with E-state index in [1.165, 1.54) is 18.9 Å². The zero-order chi connectivity index (χ0) is 47.6. The van der Waals surface area contributed by atoms with Crippen LogP contribution >= 0.6 is 0 Å². The van der Waals surface area contributed by atoms with E-state index in [2.05, 4.69) is 124 Å². The number of aliphatic hydroxyl groups is 2. The maximum absolute atomic E-state index is 10.9. The molecule has 0 heterocycles. The number of carbonyl (C=O) groups is 3. The van der Waals surface area contributed by atoms with E-state index in [4.69, 9.17) is 6.42 Å². The van der Waals surface area contributed by atoms with Crippen LogP contribution in [0, 0.1) is 44.8 Å². The number of likely N-dealkylation sites (N-methyl/N-ethyl adjacent to an activating group) is 1. The first-order valence-electron chi connectivity index (χ1n) is 21.8. The van der Waals surface area contributed by atoms with Crippen LogP contribution in [0.1, 0.15) is 197 Å². The first-order valence-corrected chi connectivity index (χ1v) is 21.8. The van der Waals surface area contributed by atoms with Gasteiger partial charge in [-0.25, -0.2) is 0 Å². The lowest BCUT2D eigenvalue weighted by atomic mass is 9.88. The Hall–Kier alpha value is -2.41. The average molecular weight is 827 g/mol. The summed E-state index contributed by atoms with van der Waals surface area (Å²) in [5, 5.41) is 29.8. The van der Waals surface area contributed by atoms with Crippen LogP contribution in [-0.4, -0.2) is 73.4 Å². The smallest absolute Gasteiger partial charge is 0.243 e. The molecule has 0 spiro atoms. The van der Waals surface area contributed by atoms with Crippen LogP contribution in [0.15, 0.2) is 12.7 Å². The number of aliphatic hydroxyl groups excluding tert-OH is 2. The number of amides is 3. The van der Waals surface area contributed by atoms with Crippen molar-refractivity contribution in [3.05, 3.63) is 12.7 Å². The van der Waals surface area contributed by atoms with E-state index in [0.717, 1.165) is 38.8 Å². The van der Waals surface area contributed by atoms with Gasteiger partial charge in [-0.2, -0.15) is 0 Å². The summed E-state index contributed by atoms with van der Waals surface area (Å²) in [6, 6.07) is 0. The zero-order valence-electron chi connectivity index (χ0n) is 42.6. The third kappa shape index (κ3) is 68.3. The highest BCUT2D eigenvalue weighted by Crippen LogP contribution is 2.21. The number of hydrogen-bond acceptors (Lipinski definition) is 6. The molecule has 348 valence electrons. The Morgan fingerprint density at radius 3 is 1.14 bits per heavy atom. The molecule has 0 rings (SSSR count). The second kappa shape index (κ2) is 35.4. The Kier molecular flexibility index (Phi) is 41.1. The summed E-state index contributed by atoms with van der Waals surface area (Å²) in [5.74, 6) is 2.31. The molecule has 0 saturated heterocycles. The van der Waals surface area contributed by atoms with Gasteiger partial charge in [-0.05, 0) is 77.7 Å². The molecule has 6 N–H and O–H groups in total. The van der Waals surface area contributed by atoms with E-state index < -0.39 is 0 Å².